The zero-order valence-corrected chi connectivity index (χ0v) is 65.9. The number of imidazole rings is 4. The summed E-state index contributed by atoms with van der Waals surface area (Å²) in [5.74, 6) is 7.98. The molecule has 10 aromatic rings. The Bertz CT molecular complexity index is 5350. The molecule has 0 radical (unpaired) electrons. The highest BCUT2D eigenvalue weighted by atomic mass is 35.5. The third-order valence-corrected chi connectivity index (χ3v) is 21.7. The number of fused-ring (bicyclic) bond motifs is 2. The molecule has 4 aliphatic heterocycles. The molecular formula is C68H90ClN25O8S4. The number of rotatable bonds is 13. The van der Waals surface area contributed by atoms with Crippen molar-refractivity contribution in [2.75, 3.05) is 142 Å². The van der Waals surface area contributed by atoms with E-state index < -0.39 is 38.9 Å². The second kappa shape index (κ2) is 32.3. The number of H-pyrrole nitrogens is 1. The van der Waals surface area contributed by atoms with Crippen LogP contribution in [0.2, 0.25) is 5.28 Å². The molecule has 1 N–H and O–H groups in total. The number of ether oxygens (including phenoxy) is 4. The van der Waals surface area contributed by atoms with Gasteiger partial charge in [0, 0.05) is 165 Å². The van der Waals surface area contributed by atoms with Gasteiger partial charge in [0.1, 0.15) is 41.2 Å². The average molecular weight is 1550 g/mol. The number of hydrogen-bond acceptors (Lipinski definition) is 29. The summed E-state index contributed by atoms with van der Waals surface area (Å²) in [5, 5.41) is 0.419. The van der Waals surface area contributed by atoms with Crippen molar-refractivity contribution in [1.82, 2.24) is 83.5 Å². The number of nitrogens with one attached hydrogen (secondary N) is 1. The number of aryl methyl sites for hydroxylation is 3. The maximum atomic E-state index is 13.0. The summed E-state index contributed by atoms with van der Waals surface area (Å²) in [6, 6.07) is 17.6. The van der Waals surface area contributed by atoms with Crippen molar-refractivity contribution < 1.29 is 35.8 Å². The van der Waals surface area contributed by atoms with Gasteiger partial charge in [-0.25, -0.2) is 51.7 Å². The Morgan fingerprint density at radius 2 is 0.972 bits per heavy atom. The fraction of sp³-hybridized carbons (Fsp3) is 0.485. The van der Waals surface area contributed by atoms with Crippen molar-refractivity contribution >= 4 is 119 Å². The van der Waals surface area contributed by atoms with E-state index in [1.807, 2.05) is 66.3 Å². The Labute approximate surface area is 622 Å². The molecule has 1 aliphatic carbocycles. The van der Waals surface area contributed by atoms with Gasteiger partial charge in [-0.15, -0.1) is 0 Å². The predicted octanol–water partition coefficient (Wildman–Crippen LogP) is 9.00. The molecule has 9 aromatic heterocycles. The topological polar surface area (TPSA) is 366 Å². The molecule has 1 unspecified atom stereocenters. The highest BCUT2D eigenvalue weighted by molar-refractivity contribution is 7.94. The lowest BCUT2D eigenvalue weighted by atomic mass is 10.2. The number of aromatic amines is 1. The minimum atomic E-state index is -2.37. The van der Waals surface area contributed by atoms with Gasteiger partial charge in [0.25, 0.3) is 0 Å². The summed E-state index contributed by atoms with van der Waals surface area (Å²) in [4.78, 5) is 70.4. The number of benzene rings is 1. The van der Waals surface area contributed by atoms with Crippen LogP contribution in [0, 0.1) is 20.8 Å². The molecule has 566 valence electrons. The summed E-state index contributed by atoms with van der Waals surface area (Å²) < 4.78 is 94.3. The van der Waals surface area contributed by atoms with E-state index in [1.54, 1.807) is 97.7 Å². The molecule has 33 nitrogen and oxygen atoms in total. The molecule has 1 aromatic carbocycles. The molecule has 5 aliphatic rings. The standard InChI is InChI=1S/C20H24N6O2S.C18H23N7O2S.C16H24N6O2S.C14H19ClN6O2S/c1-14-12-28-10-9-25(14)19-11-18(24-29(2,27)15-7-8-15)22-20(23-19)26-13-21-16-5-3-4-6-17(16)26;1-11-10-27-8-7-25(11)15-9-14(24-28(3,4)26)22-17(23-15)13-5-6-19-18-16(13)20-12(2)21-18;1-11-9-17-13(3)22(11)16-18-14(20-25(4,5)23)8-15(19-16)21-6-7-24-10-12(21)2;1-10-9-23-7-6-20(10)12-8-11(19-24(2,3)22)17-14(18-12)21-5-4-16-13(21)15/h3-6,11,13-15H,7-10,12H2,1-2H3;5-6,9,11H,7-8,10H2,1-4H3,(H,19,20,21);8-9,12H,6-7,10H2,1-5H3;4-5,8,10H,6-7,9H2,1-3H3/t14-,29?;11-;12-;10-/m1111/s1. The second-order valence-electron chi connectivity index (χ2n) is 27.3. The number of hydrogen-bond donors (Lipinski definition) is 1. The van der Waals surface area contributed by atoms with Crippen LogP contribution in [-0.4, -0.2) is 253 Å². The van der Waals surface area contributed by atoms with Crippen molar-refractivity contribution in [1.29, 1.82) is 0 Å². The summed E-state index contributed by atoms with van der Waals surface area (Å²) in [6.45, 7) is 22.1. The fourth-order valence-electron chi connectivity index (χ4n) is 12.2. The van der Waals surface area contributed by atoms with E-state index in [9.17, 15) is 16.8 Å². The number of morpholine rings is 4. The van der Waals surface area contributed by atoms with Crippen LogP contribution in [0.15, 0.2) is 103 Å². The number of nitrogens with zero attached hydrogens (tertiary/aromatic N) is 24. The lowest BCUT2D eigenvalue weighted by Crippen LogP contribution is -2.44. The number of pyridine rings is 1. The average Bonchev–Trinajstić information content (AvgIpc) is 1.45. The van der Waals surface area contributed by atoms with E-state index in [2.05, 4.69) is 120 Å². The van der Waals surface area contributed by atoms with Gasteiger partial charge in [-0.2, -0.15) is 47.4 Å². The largest absolute Gasteiger partial charge is 0.377 e. The van der Waals surface area contributed by atoms with Crippen LogP contribution in [0.4, 0.5) is 46.5 Å². The molecule has 5 fully saturated rings. The van der Waals surface area contributed by atoms with Gasteiger partial charge < -0.3 is 43.5 Å². The Hall–Kier alpha value is -8.82. The van der Waals surface area contributed by atoms with Crippen LogP contribution in [0.3, 0.4) is 0 Å². The van der Waals surface area contributed by atoms with Crippen LogP contribution in [0.25, 0.3) is 51.4 Å². The Morgan fingerprint density at radius 3 is 1.43 bits per heavy atom. The molecule has 106 heavy (non-hydrogen) atoms. The summed E-state index contributed by atoms with van der Waals surface area (Å²) in [7, 11) is -9.36. The maximum absolute atomic E-state index is 13.0. The molecule has 5 atom stereocenters. The lowest BCUT2D eigenvalue weighted by Gasteiger charge is -2.34. The maximum Gasteiger partial charge on any atom is 0.240 e. The van der Waals surface area contributed by atoms with E-state index in [-0.39, 0.29) is 34.7 Å². The summed E-state index contributed by atoms with van der Waals surface area (Å²) in [5.41, 5.74) is 4.89. The van der Waals surface area contributed by atoms with Crippen molar-refractivity contribution in [3.05, 3.63) is 108 Å². The van der Waals surface area contributed by atoms with Gasteiger partial charge in [-0.05, 0) is 91.1 Å². The van der Waals surface area contributed by atoms with E-state index in [0.29, 0.717) is 118 Å². The molecule has 4 saturated heterocycles. The number of aromatic nitrogens is 17. The van der Waals surface area contributed by atoms with Crippen LogP contribution >= 0.6 is 11.6 Å². The molecule has 38 heteroatoms. The zero-order valence-electron chi connectivity index (χ0n) is 61.9. The zero-order chi connectivity index (χ0) is 75.4. The SMILES string of the molecule is C[C@@H]1COCCN1c1cc(N=S(C)(=O)C2CC2)nc(-n2cnc3ccccc32)n1.C[C@@H]1COCCN1c1cc(N=S(C)(C)=O)nc(-n2ccnc2Cl)n1.Cc1cnc(C)n1-c1nc(N=S(C)(C)=O)cc(N2CCOC[C@H]2C)n1.Cc1nc2nccc(-c3nc(N=S(C)(C)=O)cc(N4CCOC[C@H]4C)n3)c2[nH]1. The van der Waals surface area contributed by atoms with Gasteiger partial charge in [-0.1, -0.05) is 12.1 Å². The first kappa shape index (κ1) is 76.8. The first-order valence-electron chi connectivity index (χ1n) is 34.5. The van der Waals surface area contributed by atoms with Crippen molar-refractivity contribution in [3.63, 3.8) is 0 Å². The van der Waals surface area contributed by atoms with E-state index in [4.69, 9.17) is 45.5 Å². The van der Waals surface area contributed by atoms with E-state index >= 15 is 0 Å². The highest BCUT2D eigenvalue weighted by Gasteiger charge is 2.32. The summed E-state index contributed by atoms with van der Waals surface area (Å²) >= 11 is 6.08. The number of anilines is 4. The van der Waals surface area contributed by atoms with Crippen molar-refractivity contribution in [2.45, 2.75) is 90.7 Å². The Kier molecular flexibility index (Phi) is 23.4. The molecule has 1 saturated carbocycles. The normalized spacial score (nSPS) is 19.3. The lowest BCUT2D eigenvalue weighted by molar-refractivity contribution is 0.0985. The Morgan fingerprint density at radius 1 is 0.509 bits per heavy atom. The van der Waals surface area contributed by atoms with Crippen molar-refractivity contribution in [3.8, 4) is 29.2 Å². The Balaban J connectivity index is 0.000000133. The molecular weight excluding hydrogens is 1460 g/mol. The first-order valence-corrected chi connectivity index (χ1v) is 43.9. The predicted molar refractivity (Wildman–Crippen MR) is 415 cm³/mol. The van der Waals surface area contributed by atoms with Gasteiger partial charge in [0.15, 0.2) is 34.7 Å². The second-order valence-corrected chi connectivity index (χ2v) is 37.9. The highest BCUT2D eigenvalue weighted by Crippen LogP contribution is 2.35. The first-order chi connectivity index (χ1) is 50.4. The molecule has 0 bridgehead atoms. The van der Waals surface area contributed by atoms with Gasteiger partial charge in [-0.3, -0.25) is 13.7 Å². The van der Waals surface area contributed by atoms with Crippen LogP contribution in [0.5, 0.6) is 0 Å². The molecule has 0 spiro atoms. The third kappa shape index (κ3) is 19.3. The smallest absolute Gasteiger partial charge is 0.240 e. The van der Waals surface area contributed by atoms with E-state index in [1.165, 1.54) is 0 Å². The minimum absolute atomic E-state index is 0.167. The van der Waals surface area contributed by atoms with Crippen LogP contribution in [0.1, 0.15) is 57.9 Å². The fourth-order valence-corrected chi connectivity index (χ4v) is 15.6. The van der Waals surface area contributed by atoms with Crippen LogP contribution < -0.4 is 19.6 Å². The molecule has 13 heterocycles. The monoisotopic (exact) mass is 1550 g/mol. The quantitative estimate of drug-likeness (QED) is 0.112. The number of para-hydroxylation sites is 2. The van der Waals surface area contributed by atoms with Gasteiger partial charge >= 0.3 is 0 Å². The van der Waals surface area contributed by atoms with E-state index in [0.717, 1.165) is 89.4 Å². The van der Waals surface area contributed by atoms with Crippen molar-refractivity contribution in [2.24, 2.45) is 17.5 Å². The van der Waals surface area contributed by atoms with Gasteiger partial charge in [0.05, 0.1) is 103 Å². The third-order valence-electron chi connectivity index (χ3n) is 17.3. The minimum Gasteiger partial charge on any atom is -0.377 e. The molecule has 15 rings (SSSR count). The number of halogens is 1. The van der Waals surface area contributed by atoms with Gasteiger partial charge in [0.2, 0.25) is 23.1 Å². The van der Waals surface area contributed by atoms with Crippen LogP contribution in [-0.2, 0) is 57.9 Å². The molecule has 0 amide bonds. The summed E-state index contributed by atoms with van der Waals surface area (Å²) in [6.07, 6.45) is 21.6.